The molecule has 212 valence electrons. The van der Waals surface area contributed by atoms with Crippen LogP contribution in [0.15, 0.2) is 47.5 Å². The SMILES string of the molecule is CC(C)CCC=O.CNCc1cccc(OC(F)(F)F)c1.COc1ccc(CC(=O)N=C(N)N)cc1OC. The topological polar surface area (TPSA) is 138 Å². The zero-order valence-electron chi connectivity index (χ0n) is 22.3. The highest BCUT2D eigenvalue weighted by atomic mass is 19.4. The van der Waals surface area contributed by atoms with E-state index in [0.717, 1.165) is 30.3 Å². The normalized spacial score (nSPS) is 10.2. The molecule has 0 fully saturated rings. The molecular weight excluding hydrogens is 505 g/mol. The second kappa shape index (κ2) is 18.4. The minimum Gasteiger partial charge on any atom is -0.493 e. The summed E-state index contributed by atoms with van der Waals surface area (Å²) < 4.78 is 49.4. The van der Waals surface area contributed by atoms with Crippen molar-refractivity contribution in [2.75, 3.05) is 21.3 Å². The van der Waals surface area contributed by atoms with Crippen molar-refractivity contribution in [3.05, 3.63) is 53.6 Å². The Bertz CT molecular complexity index is 1010. The highest BCUT2D eigenvalue weighted by Gasteiger charge is 2.31. The van der Waals surface area contributed by atoms with Gasteiger partial charge >= 0.3 is 6.36 Å². The molecule has 0 aliphatic heterocycles. The van der Waals surface area contributed by atoms with E-state index in [1.54, 1.807) is 38.4 Å². The fourth-order valence-corrected chi connectivity index (χ4v) is 2.81. The Balaban J connectivity index is 0.000000587. The van der Waals surface area contributed by atoms with Gasteiger partial charge < -0.3 is 35.8 Å². The van der Waals surface area contributed by atoms with E-state index < -0.39 is 12.3 Å². The molecule has 2 rings (SSSR count). The number of nitrogens with zero attached hydrogens (tertiary/aromatic N) is 1. The molecular formula is C26H37F3N4O5. The monoisotopic (exact) mass is 542 g/mol. The largest absolute Gasteiger partial charge is 0.573 e. The van der Waals surface area contributed by atoms with Gasteiger partial charge in [0, 0.05) is 13.0 Å². The summed E-state index contributed by atoms with van der Waals surface area (Å²) in [6, 6.07) is 11.0. The van der Waals surface area contributed by atoms with Crippen LogP contribution in [0.4, 0.5) is 13.2 Å². The lowest BCUT2D eigenvalue weighted by Gasteiger charge is -2.09. The standard InChI is InChI=1S/C11H15N3O3.C9H10F3NO.C6H12O/c1-16-8-4-3-7(5-9(8)17-2)6-10(15)14-11(12)13;1-13-6-7-3-2-4-8(5-7)14-9(10,11)12;1-6(2)4-3-5-7/h3-5H,6H2,1-2H3,(H4,12,13,14,15);2-5,13H,6H2,1H3;5-6H,3-4H2,1-2H3. The van der Waals surface area contributed by atoms with E-state index in [9.17, 15) is 22.8 Å². The molecule has 1 amide bonds. The Morgan fingerprint density at radius 3 is 2.18 bits per heavy atom. The molecule has 0 aliphatic rings. The number of hydrogen-bond acceptors (Lipinski definition) is 6. The van der Waals surface area contributed by atoms with E-state index in [-0.39, 0.29) is 18.1 Å². The summed E-state index contributed by atoms with van der Waals surface area (Å²) in [5.41, 5.74) is 11.7. The summed E-state index contributed by atoms with van der Waals surface area (Å²) in [6.07, 6.45) is -1.79. The third kappa shape index (κ3) is 16.8. The number of aldehydes is 1. The Morgan fingerprint density at radius 1 is 1.05 bits per heavy atom. The van der Waals surface area contributed by atoms with Crippen LogP contribution in [-0.2, 0) is 22.6 Å². The molecule has 38 heavy (non-hydrogen) atoms. The van der Waals surface area contributed by atoms with Gasteiger partial charge in [0.25, 0.3) is 5.91 Å². The van der Waals surface area contributed by atoms with Crippen molar-refractivity contribution in [3.8, 4) is 17.2 Å². The van der Waals surface area contributed by atoms with E-state index in [2.05, 4.69) is 28.9 Å². The van der Waals surface area contributed by atoms with Crippen molar-refractivity contribution in [3.63, 3.8) is 0 Å². The molecule has 0 saturated heterocycles. The lowest BCUT2D eigenvalue weighted by atomic mass is 10.1. The van der Waals surface area contributed by atoms with Gasteiger partial charge in [-0.2, -0.15) is 4.99 Å². The molecule has 0 aromatic heterocycles. The van der Waals surface area contributed by atoms with Gasteiger partial charge in [0.2, 0.25) is 0 Å². The van der Waals surface area contributed by atoms with Crippen LogP contribution in [0.3, 0.4) is 0 Å². The number of halogens is 3. The van der Waals surface area contributed by atoms with Gasteiger partial charge in [-0.15, -0.1) is 13.2 Å². The second-order valence-electron chi connectivity index (χ2n) is 8.16. The summed E-state index contributed by atoms with van der Waals surface area (Å²) >= 11 is 0. The number of rotatable bonds is 10. The van der Waals surface area contributed by atoms with Crippen molar-refractivity contribution < 1.29 is 37.0 Å². The van der Waals surface area contributed by atoms with Gasteiger partial charge in [-0.3, -0.25) is 4.79 Å². The van der Waals surface area contributed by atoms with Gasteiger partial charge in [0.15, 0.2) is 17.5 Å². The maximum atomic E-state index is 11.8. The highest BCUT2D eigenvalue weighted by molar-refractivity contribution is 5.92. The number of carbonyl (C=O) groups is 2. The number of guanidine groups is 1. The van der Waals surface area contributed by atoms with Crippen LogP contribution in [0.5, 0.6) is 17.2 Å². The first-order valence-corrected chi connectivity index (χ1v) is 11.6. The molecule has 0 aliphatic carbocycles. The van der Waals surface area contributed by atoms with Crippen molar-refractivity contribution in [1.29, 1.82) is 0 Å². The molecule has 0 heterocycles. The molecule has 5 N–H and O–H groups in total. The quantitative estimate of drug-likeness (QED) is 0.233. The van der Waals surface area contributed by atoms with Crippen LogP contribution in [0.2, 0.25) is 0 Å². The average molecular weight is 543 g/mol. The lowest BCUT2D eigenvalue weighted by molar-refractivity contribution is -0.274. The van der Waals surface area contributed by atoms with Crippen LogP contribution in [-0.4, -0.2) is 45.8 Å². The molecule has 0 saturated carbocycles. The number of benzene rings is 2. The van der Waals surface area contributed by atoms with E-state index in [1.165, 1.54) is 25.3 Å². The summed E-state index contributed by atoms with van der Waals surface area (Å²) in [7, 11) is 4.79. The van der Waals surface area contributed by atoms with Crippen LogP contribution in [0.25, 0.3) is 0 Å². The Kier molecular flexibility index (Phi) is 16.6. The average Bonchev–Trinajstić information content (AvgIpc) is 2.82. The Labute approximate surface area is 221 Å². The van der Waals surface area contributed by atoms with Crippen LogP contribution >= 0.6 is 0 Å². The van der Waals surface area contributed by atoms with Crippen molar-refractivity contribution in [1.82, 2.24) is 5.32 Å². The molecule has 0 bridgehead atoms. The molecule has 0 atom stereocenters. The molecule has 2 aromatic rings. The number of carbonyl (C=O) groups excluding carboxylic acids is 2. The molecule has 0 radical (unpaired) electrons. The zero-order chi connectivity index (χ0) is 29.1. The number of alkyl halides is 3. The number of aliphatic imine (C=N–C) groups is 1. The van der Waals surface area contributed by atoms with Gasteiger partial charge in [0.1, 0.15) is 12.0 Å². The van der Waals surface area contributed by atoms with E-state index in [4.69, 9.17) is 20.9 Å². The van der Waals surface area contributed by atoms with E-state index in [0.29, 0.717) is 24.0 Å². The second-order valence-corrected chi connectivity index (χ2v) is 8.16. The molecule has 2 aromatic carbocycles. The van der Waals surface area contributed by atoms with E-state index >= 15 is 0 Å². The van der Waals surface area contributed by atoms with Crippen LogP contribution in [0.1, 0.15) is 37.8 Å². The first-order chi connectivity index (χ1) is 17.8. The van der Waals surface area contributed by atoms with Gasteiger partial charge in [-0.05, 0) is 54.8 Å². The fourth-order valence-electron chi connectivity index (χ4n) is 2.81. The smallest absolute Gasteiger partial charge is 0.493 e. The minimum atomic E-state index is -4.63. The third-order valence-electron chi connectivity index (χ3n) is 4.43. The van der Waals surface area contributed by atoms with Crippen molar-refractivity contribution in [2.45, 2.75) is 46.0 Å². The zero-order valence-corrected chi connectivity index (χ0v) is 22.3. The van der Waals surface area contributed by atoms with Gasteiger partial charge in [0.05, 0.1) is 20.6 Å². The first-order valence-electron chi connectivity index (χ1n) is 11.6. The number of nitrogens with one attached hydrogen (secondary N) is 1. The highest BCUT2D eigenvalue weighted by Crippen LogP contribution is 2.27. The maximum absolute atomic E-state index is 11.8. The van der Waals surface area contributed by atoms with E-state index in [1.807, 2.05) is 0 Å². The number of nitrogens with two attached hydrogens (primary N) is 2. The molecule has 0 spiro atoms. The molecule has 0 unspecified atom stereocenters. The maximum Gasteiger partial charge on any atom is 0.573 e. The fraction of sp³-hybridized carbons (Fsp3) is 0.423. The number of methoxy groups -OCH3 is 2. The van der Waals surface area contributed by atoms with Crippen LogP contribution in [0, 0.1) is 5.92 Å². The summed E-state index contributed by atoms with van der Waals surface area (Å²) in [4.78, 5) is 24.5. The predicted molar refractivity (Wildman–Crippen MR) is 140 cm³/mol. The Morgan fingerprint density at radius 2 is 1.71 bits per heavy atom. The van der Waals surface area contributed by atoms with Gasteiger partial charge in [-0.1, -0.05) is 32.0 Å². The third-order valence-corrected chi connectivity index (χ3v) is 4.43. The molecule has 9 nitrogen and oxygen atoms in total. The van der Waals surface area contributed by atoms with Crippen LogP contribution < -0.4 is 31.0 Å². The summed E-state index contributed by atoms with van der Waals surface area (Å²) in [5, 5.41) is 2.84. The molecule has 12 heteroatoms. The summed E-state index contributed by atoms with van der Waals surface area (Å²) in [6.45, 7) is 4.74. The predicted octanol–water partition coefficient (Wildman–Crippen LogP) is 3.97. The Hall–Kier alpha value is -3.80. The first kappa shape index (κ1) is 34.2. The summed E-state index contributed by atoms with van der Waals surface area (Å²) in [5.74, 6) is 0.996. The van der Waals surface area contributed by atoms with Crippen molar-refractivity contribution in [2.24, 2.45) is 22.4 Å². The lowest BCUT2D eigenvalue weighted by Crippen LogP contribution is -2.24. The van der Waals surface area contributed by atoms with Gasteiger partial charge in [-0.25, -0.2) is 0 Å². The number of hydrogen-bond donors (Lipinski definition) is 3. The number of amides is 1. The van der Waals surface area contributed by atoms with Crippen molar-refractivity contribution >= 4 is 18.2 Å². The number of ether oxygens (including phenoxy) is 3. The minimum absolute atomic E-state index is 0.109.